The zero-order chi connectivity index (χ0) is 19.3. The summed E-state index contributed by atoms with van der Waals surface area (Å²) in [6, 6.07) is 0. The van der Waals surface area contributed by atoms with Crippen LogP contribution in [0.15, 0.2) is 0 Å². The molecule has 0 spiro atoms. The van der Waals surface area contributed by atoms with E-state index in [0.29, 0.717) is 11.5 Å². The Morgan fingerprint density at radius 1 is 0.680 bits per heavy atom. The molecule has 0 N–H and O–H groups in total. The van der Waals surface area contributed by atoms with Crippen molar-refractivity contribution in [1.82, 2.24) is 0 Å². The number of esters is 2. The van der Waals surface area contributed by atoms with E-state index in [1.807, 2.05) is 0 Å². The second-order valence-electron chi connectivity index (χ2n) is 5.52. The SMILES string of the molecule is O=C(CS)CC(COC(=O)CCS)(COC(=O)CCS)CC(=O)CS. The first kappa shape index (κ1) is 24.7. The van der Waals surface area contributed by atoms with Gasteiger partial charge in [0.1, 0.15) is 24.8 Å². The van der Waals surface area contributed by atoms with Gasteiger partial charge in [0.25, 0.3) is 0 Å². The van der Waals surface area contributed by atoms with Crippen molar-refractivity contribution in [2.75, 3.05) is 36.2 Å². The number of carbonyl (C=O) groups excluding carboxylic acids is 4. The van der Waals surface area contributed by atoms with Crippen LogP contribution in [0.3, 0.4) is 0 Å². The molecule has 0 unspecified atom stereocenters. The number of rotatable bonds is 14. The third-order valence-electron chi connectivity index (χ3n) is 3.21. The third kappa shape index (κ3) is 11.1. The maximum Gasteiger partial charge on any atom is 0.306 e. The first-order valence-corrected chi connectivity index (χ1v) is 10.1. The molecule has 0 radical (unpaired) electrons. The van der Waals surface area contributed by atoms with Gasteiger partial charge in [-0.25, -0.2) is 0 Å². The molecule has 0 aliphatic rings. The Bertz CT molecular complexity index is 427. The maximum absolute atomic E-state index is 11.9. The van der Waals surface area contributed by atoms with Crippen LogP contribution in [0.5, 0.6) is 0 Å². The average Bonchev–Trinajstić information content (AvgIpc) is 2.58. The van der Waals surface area contributed by atoms with Crippen molar-refractivity contribution < 1.29 is 28.7 Å². The molecule has 0 saturated carbocycles. The Labute approximate surface area is 169 Å². The molecule has 0 aromatic carbocycles. The van der Waals surface area contributed by atoms with E-state index in [-0.39, 0.29) is 62.0 Å². The predicted octanol–water partition coefficient (Wildman–Crippen LogP) is 1.48. The molecule has 0 heterocycles. The molecule has 0 rings (SSSR count). The minimum absolute atomic E-state index is 0.0357. The van der Waals surface area contributed by atoms with Gasteiger partial charge in [-0.2, -0.15) is 50.5 Å². The molecule has 144 valence electrons. The molecule has 0 amide bonds. The van der Waals surface area contributed by atoms with E-state index in [2.05, 4.69) is 50.5 Å². The second kappa shape index (κ2) is 13.8. The van der Waals surface area contributed by atoms with Crippen LogP contribution in [0.2, 0.25) is 0 Å². The van der Waals surface area contributed by atoms with Crippen molar-refractivity contribution in [3.8, 4) is 0 Å². The van der Waals surface area contributed by atoms with Crippen molar-refractivity contribution in [1.29, 1.82) is 0 Å². The number of thiol groups is 4. The molecule has 0 aliphatic carbocycles. The summed E-state index contributed by atoms with van der Waals surface area (Å²) in [6.45, 7) is -0.431. The fraction of sp³-hybridized carbons (Fsp3) is 0.733. The van der Waals surface area contributed by atoms with Crippen molar-refractivity contribution in [2.45, 2.75) is 25.7 Å². The molecule has 10 heteroatoms. The van der Waals surface area contributed by atoms with Crippen LogP contribution in [0.4, 0.5) is 0 Å². The lowest BCUT2D eigenvalue weighted by atomic mass is 9.80. The highest BCUT2D eigenvalue weighted by Gasteiger charge is 2.37. The van der Waals surface area contributed by atoms with Gasteiger partial charge in [0.05, 0.1) is 18.3 Å². The van der Waals surface area contributed by atoms with Gasteiger partial charge in [-0.3, -0.25) is 19.2 Å². The number of hydrogen-bond donors (Lipinski definition) is 4. The largest absolute Gasteiger partial charge is 0.465 e. The van der Waals surface area contributed by atoms with Crippen molar-refractivity contribution in [3.05, 3.63) is 0 Å². The lowest BCUT2D eigenvalue weighted by molar-refractivity contribution is -0.157. The highest BCUT2D eigenvalue weighted by atomic mass is 32.1. The molecule has 0 atom stereocenters. The van der Waals surface area contributed by atoms with Crippen LogP contribution in [0.25, 0.3) is 0 Å². The van der Waals surface area contributed by atoms with E-state index in [1.165, 1.54) is 0 Å². The van der Waals surface area contributed by atoms with Gasteiger partial charge in [-0.05, 0) is 0 Å². The zero-order valence-corrected chi connectivity index (χ0v) is 17.4. The highest BCUT2D eigenvalue weighted by molar-refractivity contribution is 7.81. The summed E-state index contributed by atoms with van der Waals surface area (Å²) in [6.07, 6.45) is -0.00399. The summed E-state index contributed by atoms with van der Waals surface area (Å²) in [7, 11) is 0. The molecule has 0 saturated heterocycles. The van der Waals surface area contributed by atoms with Gasteiger partial charge in [0.15, 0.2) is 0 Å². The summed E-state index contributed by atoms with van der Waals surface area (Å²) in [5.41, 5.74) is -1.13. The van der Waals surface area contributed by atoms with E-state index in [4.69, 9.17) is 9.47 Å². The Morgan fingerprint density at radius 2 is 1.04 bits per heavy atom. The molecule has 25 heavy (non-hydrogen) atoms. The van der Waals surface area contributed by atoms with Crippen LogP contribution >= 0.6 is 50.5 Å². The predicted molar refractivity (Wildman–Crippen MR) is 108 cm³/mol. The summed E-state index contributed by atoms with van der Waals surface area (Å²) in [4.78, 5) is 47.2. The van der Waals surface area contributed by atoms with Gasteiger partial charge in [-0.1, -0.05) is 0 Å². The Balaban J connectivity index is 5.29. The smallest absolute Gasteiger partial charge is 0.306 e. The highest BCUT2D eigenvalue weighted by Crippen LogP contribution is 2.30. The summed E-state index contributed by atoms with van der Waals surface area (Å²) >= 11 is 15.8. The minimum Gasteiger partial charge on any atom is -0.465 e. The van der Waals surface area contributed by atoms with Gasteiger partial charge in [0.2, 0.25) is 0 Å². The van der Waals surface area contributed by atoms with E-state index in [0.717, 1.165) is 0 Å². The Kier molecular flexibility index (Phi) is 13.7. The van der Waals surface area contributed by atoms with E-state index in [9.17, 15) is 19.2 Å². The van der Waals surface area contributed by atoms with Crippen LogP contribution in [0, 0.1) is 5.41 Å². The maximum atomic E-state index is 11.9. The van der Waals surface area contributed by atoms with E-state index < -0.39 is 17.4 Å². The molecular formula is C15H24O6S4. The van der Waals surface area contributed by atoms with Gasteiger partial charge >= 0.3 is 11.9 Å². The van der Waals surface area contributed by atoms with E-state index >= 15 is 0 Å². The standard InChI is InChI=1S/C15H24O6S4/c16-11(7-24)5-15(6-12(17)8-25,9-20-13(18)1-3-22)10-21-14(19)2-4-23/h22-25H,1-10H2. The quantitative estimate of drug-likeness (QED) is 0.248. The number of Topliss-reactive ketones (excluding diaryl/α,β-unsaturated/α-hetero) is 2. The fourth-order valence-electron chi connectivity index (χ4n) is 2.05. The molecule has 0 bridgehead atoms. The molecule has 6 nitrogen and oxygen atoms in total. The molecule has 0 aromatic rings. The van der Waals surface area contributed by atoms with Crippen LogP contribution in [-0.4, -0.2) is 59.7 Å². The number of ether oxygens (including phenoxy) is 2. The number of carbonyl (C=O) groups is 4. The van der Waals surface area contributed by atoms with Crippen molar-refractivity contribution in [3.63, 3.8) is 0 Å². The van der Waals surface area contributed by atoms with Gasteiger partial charge < -0.3 is 9.47 Å². The van der Waals surface area contributed by atoms with Gasteiger partial charge in [0, 0.05) is 35.9 Å². The molecule has 0 fully saturated rings. The first-order valence-electron chi connectivity index (χ1n) is 7.60. The Hall–Kier alpha value is -0.320. The number of ketones is 2. The second-order valence-corrected chi connectivity index (χ2v) is 7.04. The first-order chi connectivity index (χ1) is 11.8. The van der Waals surface area contributed by atoms with Crippen molar-refractivity contribution in [2.24, 2.45) is 5.41 Å². The van der Waals surface area contributed by atoms with Crippen LogP contribution in [0.1, 0.15) is 25.7 Å². The summed E-state index contributed by atoms with van der Waals surface area (Å²) < 4.78 is 10.4. The van der Waals surface area contributed by atoms with E-state index in [1.54, 1.807) is 0 Å². The molecule has 0 aliphatic heterocycles. The topological polar surface area (TPSA) is 86.7 Å². The lowest BCUT2D eigenvalue weighted by Crippen LogP contribution is -2.39. The fourth-order valence-corrected chi connectivity index (χ4v) is 2.64. The number of hydrogen-bond acceptors (Lipinski definition) is 10. The summed E-state index contributed by atoms with van der Waals surface area (Å²) in [5.74, 6) is -0.938. The van der Waals surface area contributed by atoms with Crippen LogP contribution < -0.4 is 0 Å². The third-order valence-corrected chi connectivity index (χ3v) is 4.36. The zero-order valence-electron chi connectivity index (χ0n) is 13.8. The van der Waals surface area contributed by atoms with Crippen LogP contribution in [-0.2, 0) is 28.7 Å². The summed E-state index contributed by atoms with van der Waals surface area (Å²) in [5, 5.41) is 0. The lowest BCUT2D eigenvalue weighted by Gasteiger charge is -2.31. The normalized spacial score (nSPS) is 11.0. The minimum atomic E-state index is -1.13. The Morgan fingerprint density at radius 3 is 1.32 bits per heavy atom. The van der Waals surface area contributed by atoms with Gasteiger partial charge in [-0.15, -0.1) is 0 Å². The average molecular weight is 429 g/mol. The molecule has 0 aromatic heterocycles. The molecular weight excluding hydrogens is 404 g/mol. The monoisotopic (exact) mass is 428 g/mol. The van der Waals surface area contributed by atoms with Crippen molar-refractivity contribution >= 4 is 74.0 Å².